The highest BCUT2D eigenvalue weighted by molar-refractivity contribution is 5.99. The van der Waals surface area contributed by atoms with Gasteiger partial charge in [-0.15, -0.1) is 0 Å². The maximum atomic E-state index is 15.0. The average Bonchev–Trinajstić information content (AvgIpc) is 3.56. The topological polar surface area (TPSA) is 158 Å². The Kier molecular flexibility index (Phi) is 9.11. The molecule has 0 unspecified atom stereocenters. The predicted octanol–water partition coefficient (Wildman–Crippen LogP) is 6.04. The number of fused-ring (bicyclic) bond motifs is 3. The number of H-pyrrole nitrogens is 1. The molecule has 7 aromatic rings. The molecule has 10 rings (SSSR count). The fourth-order valence-corrected chi connectivity index (χ4v) is 9.60. The molecule has 1 saturated carbocycles. The molecule has 15 heteroatoms. The van der Waals surface area contributed by atoms with E-state index in [4.69, 9.17) is 14.2 Å². The predicted molar refractivity (Wildman–Crippen MR) is 223 cm³/mol. The van der Waals surface area contributed by atoms with Gasteiger partial charge in [-0.3, -0.25) is 23.8 Å². The van der Waals surface area contributed by atoms with Crippen molar-refractivity contribution in [2.45, 2.75) is 70.9 Å². The monoisotopic (exact) mass is 811 g/mol. The first-order valence-electron chi connectivity index (χ1n) is 20.7. The van der Waals surface area contributed by atoms with Gasteiger partial charge in [0.25, 0.3) is 11.5 Å². The Morgan fingerprint density at radius 3 is 2.52 bits per heavy atom. The number of carbonyl (C=O) groups is 1. The molecular weight excluding hydrogens is 766 g/mol. The molecule has 6 heterocycles. The van der Waals surface area contributed by atoms with Gasteiger partial charge in [0.1, 0.15) is 17.1 Å². The maximum Gasteiger partial charge on any atom is 0.438 e. The Morgan fingerprint density at radius 1 is 1.02 bits per heavy atom. The van der Waals surface area contributed by atoms with E-state index in [2.05, 4.69) is 57.8 Å². The van der Waals surface area contributed by atoms with Crippen LogP contribution in [-0.4, -0.2) is 71.1 Å². The van der Waals surface area contributed by atoms with Crippen LogP contribution in [0.1, 0.15) is 81.9 Å². The van der Waals surface area contributed by atoms with E-state index in [0.717, 1.165) is 40.2 Å². The minimum atomic E-state index is -0.789. The molecule has 308 valence electrons. The first-order valence-corrected chi connectivity index (χ1v) is 20.7. The molecule has 4 aromatic heterocycles. The SMILES string of the molecule is Cc1cc(-n2c(NCCc3ccc4c(cnn4C)c3)nc3c(c2=O)CCN(C(=O)c2cc4cc(C5CCOCC5)ccc4n2[C@@]2(c4noc(=O)[nH]4)C[C@@H]2C)C3)cc(C)c1F. The summed E-state index contributed by atoms with van der Waals surface area (Å²) in [4.78, 5) is 51.4. The van der Waals surface area contributed by atoms with E-state index >= 15 is 0 Å². The minimum absolute atomic E-state index is 0.0522. The lowest BCUT2D eigenvalue weighted by Crippen LogP contribution is -2.42. The lowest BCUT2D eigenvalue weighted by molar-refractivity contribution is 0.0717. The van der Waals surface area contributed by atoms with Crippen LogP contribution in [0.25, 0.3) is 27.5 Å². The Morgan fingerprint density at radius 2 is 1.78 bits per heavy atom. The highest BCUT2D eigenvalue weighted by Gasteiger charge is 2.59. The number of aromatic nitrogens is 7. The summed E-state index contributed by atoms with van der Waals surface area (Å²) in [5.74, 6) is -0.0765. The van der Waals surface area contributed by atoms with Crippen molar-refractivity contribution < 1.29 is 18.4 Å². The summed E-state index contributed by atoms with van der Waals surface area (Å²) >= 11 is 0. The lowest BCUT2D eigenvalue weighted by atomic mass is 9.91. The Labute approximate surface area is 344 Å². The summed E-state index contributed by atoms with van der Waals surface area (Å²) in [5, 5.41) is 13.9. The standard InChI is InChI=1S/C45H46FN9O5/c1-25-17-33(18-26(2)39(25)46)54-40(56)34-10-14-53(24-35(34)49-43(54)47-13-9-28-5-7-36-32(19-28)23-48-52(36)4)41(57)38-21-31-20-30(29-11-15-59-16-12-29)6-8-37(31)55(38)45(22-27(45)3)42-50-44(58)60-51-42/h5-8,17-21,23,27,29H,9-16,22,24H2,1-4H3,(H,47,49)(H,50,51,58)/t27-,45-/m0/s1. The summed E-state index contributed by atoms with van der Waals surface area (Å²) in [6, 6.07) is 17.9. The number of rotatable bonds is 9. The highest BCUT2D eigenvalue weighted by Crippen LogP contribution is 2.56. The largest absolute Gasteiger partial charge is 0.438 e. The zero-order valence-corrected chi connectivity index (χ0v) is 34.0. The Balaban J connectivity index is 1.02. The van der Waals surface area contributed by atoms with Crippen LogP contribution in [0.5, 0.6) is 0 Å². The van der Waals surface area contributed by atoms with Crippen molar-refractivity contribution in [1.82, 2.24) is 38.9 Å². The number of aryl methyl sites for hydroxylation is 3. The van der Waals surface area contributed by atoms with Crippen molar-refractivity contribution in [3.05, 3.63) is 133 Å². The van der Waals surface area contributed by atoms with Gasteiger partial charge in [-0.25, -0.2) is 18.7 Å². The van der Waals surface area contributed by atoms with E-state index in [9.17, 15) is 18.8 Å². The molecule has 2 N–H and O–H groups in total. The van der Waals surface area contributed by atoms with Crippen molar-refractivity contribution in [3.8, 4) is 5.69 Å². The summed E-state index contributed by atoms with van der Waals surface area (Å²) in [7, 11) is 1.91. The number of halogens is 1. The van der Waals surface area contributed by atoms with Gasteiger partial charge >= 0.3 is 5.76 Å². The van der Waals surface area contributed by atoms with E-state index in [1.165, 1.54) is 10.1 Å². The van der Waals surface area contributed by atoms with Crippen LogP contribution in [0, 0.1) is 25.6 Å². The van der Waals surface area contributed by atoms with Crippen molar-refractivity contribution in [2.75, 3.05) is 31.6 Å². The zero-order chi connectivity index (χ0) is 41.4. The number of hydrogen-bond acceptors (Lipinski definition) is 9. The first-order chi connectivity index (χ1) is 29.0. The molecule has 0 bridgehead atoms. The lowest BCUT2D eigenvalue weighted by Gasteiger charge is -2.30. The second-order valence-electron chi connectivity index (χ2n) is 16.8. The van der Waals surface area contributed by atoms with Gasteiger partial charge < -0.3 is 19.5 Å². The first kappa shape index (κ1) is 37.9. The number of aromatic amines is 1. The molecule has 1 amide bonds. The number of anilines is 1. The van der Waals surface area contributed by atoms with Gasteiger partial charge in [0, 0.05) is 55.2 Å². The Bertz CT molecular complexity index is 2950. The summed E-state index contributed by atoms with van der Waals surface area (Å²) in [5.41, 5.74) is 5.99. The molecule has 0 radical (unpaired) electrons. The maximum absolute atomic E-state index is 15.0. The van der Waals surface area contributed by atoms with Gasteiger partial charge in [-0.1, -0.05) is 24.2 Å². The highest BCUT2D eigenvalue weighted by atomic mass is 19.1. The van der Waals surface area contributed by atoms with E-state index in [1.807, 2.05) is 34.6 Å². The number of ether oxygens (including phenoxy) is 1. The molecular formula is C45H46FN9O5. The normalized spacial score (nSPS) is 19.3. The minimum Gasteiger partial charge on any atom is -0.381 e. The third-order valence-corrected chi connectivity index (χ3v) is 13.0. The molecule has 2 atom stereocenters. The molecule has 60 heavy (non-hydrogen) atoms. The van der Waals surface area contributed by atoms with Crippen molar-refractivity contribution >= 4 is 33.7 Å². The van der Waals surface area contributed by atoms with Gasteiger partial charge in [-0.2, -0.15) is 5.10 Å². The van der Waals surface area contributed by atoms with Crippen LogP contribution < -0.4 is 16.6 Å². The molecule has 1 saturated heterocycles. The van der Waals surface area contributed by atoms with Crippen molar-refractivity contribution in [1.29, 1.82) is 0 Å². The fourth-order valence-electron chi connectivity index (χ4n) is 9.60. The zero-order valence-electron chi connectivity index (χ0n) is 34.0. The van der Waals surface area contributed by atoms with Crippen LogP contribution >= 0.6 is 0 Å². The van der Waals surface area contributed by atoms with Crippen LogP contribution in [0.2, 0.25) is 0 Å². The fraction of sp³-hybridized carbons (Fsp3) is 0.378. The van der Waals surface area contributed by atoms with Crippen molar-refractivity contribution in [2.24, 2.45) is 13.0 Å². The molecule has 1 aliphatic carbocycles. The third-order valence-electron chi connectivity index (χ3n) is 13.0. The average molecular weight is 812 g/mol. The molecule has 0 spiro atoms. The second-order valence-corrected chi connectivity index (χ2v) is 16.8. The summed E-state index contributed by atoms with van der Waals surface area (Å²) in [6.45, 7) is 7.72. The number of nitrogens with one attached hydrogen (secondary N) is 2. The third kappa shape index (κ3) is 6.25. The van der Waals surface area contributed by atoms with Crippen LogP contribution in [0.4, 0.5) is 10.3 Å². The smallest absolute Gasteiger partial charge is 0.381 e. The van der Waals surface area contributed by atoms with E-state index in [1.54, 1.807) is 30.9 Å². The van der Waals surface area contributed by atoms with Gasteiger partial charge in [-0.05, 0) is 123 Å². The summed E-state index contributed by atoms with van der Waals surface area (Å²) < 4.78 is 30.9. The molecule has 2 fully saturated rings. The van der Waals surface area contributed by atoms with E-state index in [0.29, 0.717) is 84.1 Å². The number of amides is 1. The molecule has 2 aliphatic heterocycles. The van der Waals surface area contributed by atoms with Crippen molar-refractivity contribution in [3.63, 3.8) is 0 Å². The molecule has 14 nitrogen and oxygen atoms in total. The number of nitrogens with zero attached hydrogens (tertiary/aromatic N) is 7. The number of carbonyl (C=O) groups excluding carboxylic acids is 1. The van der Waals surface area contributed by atoms with Crippen LogP contribution in [-0.2, 0) is 36.7 Å². The van der Waals surface area contributed by atoms with E-state index in [-0.39, 0.29) is 42.7 Å². The van der Waals surface area contributed by atoms with Gasteiger partial charge in [0.15, 0.2) is 5.82 Å². The quantitative estimate of drug-likeness (QED) is 0.178. The van der Waals surface area contributed by atoms with Crippen LogP contribution in [0.3, 0.4) is 0 Å². The number of benzene rings is 3. The van der Waals surface area contributed by atoms with Crippen LogP contribution in [0.15, 0.2) is 74.9 Å². The Hall–Kier alpha value is -6.35. The second kappa shape index (κ2) is 14.4. The molecule has 3 aliphatic rings. The van der Waals surface area contributed by atoms with Gasteiger partial charge in [0.05, 0.1) is 29.6 Å². The molecule has 3 aromatic carbocycles. The van der Waals surface area contributed by atoms with Gasteiger partial charge in [0.2, 0.25) is 5.95 Å². The number of hydrogen-bond donors (Lipinski definition) is 2. The summed E-state index contributed by atoms with van der Waals surface area (Å²) in [6.07, 6.45) is 5.27. The van der Waals surface area contributed by atoms with E-state index < -0.39 is 11.3 Å².